The van der Waals surface area contributed by atoms with E-state index in [1.54, 1.807) is 0 Å². The summed E-state index contributed by atoms with van der Waals surface area (Å²) < 4.78 is 23.2. The molecule has 3 rings (SSSR count). The Morgan fingerprint density at radius 2 is 1.95 bits per heavy atom. The first-order chi connectivity index (χ1) is 10.1. The van der Waals surface area contributed by atoms with Crippen LogP contribution in [0.3, 0.4) is 0 Å². The molecule has 5 nitrogen and oxygen atoms in total. The van der Waals surface area contributed by atoms with E-state index in [0.29, 0.717) is 19.6 Å². The number of nitrogens with one attached hydrogen (secondary N) is 1. The molecule has 0 amide bonds. The molecule has 0 saturated carbocycles. The fraction of sp³-hybridized carbons (Fsp3) is 0.400. The van der Waals surface area contributed by atoms with Gasteiger partial charge in [0.1, 0.15) is 0 Å². The number of anilines is 1. The summed E-state index contributed by atoms with van der Waals surface area (Å²) in [4.78, 5) is 6.80. The lowest BCUT2D eigenvalue weighted by atomic mass is 10.1. The zero-order chi connectivity index (χ0) is 14.9. The first-order valence-electron chi connectivity index (χ1n) is 7.08. The van der Waals surface area contributed by atoms with Crippen molar-refractivity contribution in [2.45, 2.75) is 6.54 Å². The SMILES string of the molecule is CNCc1cc(N2CCS(=O)(=O)CC2)c2ccccc2n1. The number of sulfone groups is 1. The van der Waals surface area contributed by atoms with Crippen molar-refractivity contribution in [1.29, 1.82) is 0 Å². The second-order valence-electron chi connectivity index (χ2n) is 5.32. The summed E-state index contributed by atoms with van der Waals surface area (Å²) in [5.41, 5.74) is 3.01. The first-order valence-corrected chi connectivity index (χ1v) is 8.90. The normalized spacial score (nSPS) is 18.0. The molecular formula is C15H19N3O2S. The van der Waals surface area contributed by atoms with Gasteiger partial charge in [-0.3, -0.25) is 4.98 Å². The molecule has 1 aromatic heterocycles. The minimum absolute atomic E-state index is 0.227. The molecule has 2 aromatic rings. The van der Waals surface area contributed by atoms with Gasteiger partial charge in [0.2, 0.25) is 0 Å². The van der Waals surface area contributed by atoms with Gasteiger partial charge in [-0.2, -0.15) is 0 Å². The van der Waals surface area contributed by atoms with Crippen LogP contribution < -0.4 is 10.2 Å². The predicted octanol–water partition coefficient (Wildman–Crippen LogP) is 1.19. The van der Waals surface area contributed by atoms with Crippen LogP contribution in [-0.4, -0.2) is 45.0 Å². The summed E-state index contributed by atoms with van der Waals surface area (Å²) in [7, 11) is -0.974. The molecule has 1 saturated heterocycles. The molecule has 6 heteroatoms. The first kappa shape index (κ1) is 14.3. The van der Waals surface area contributed by atoms with Crippen molar-refractivity contribution in [3.05, 3.63) is 36.0 Å². The van der Waals surface area contributed by atoms with E-state index >= 15 is 0 Å². The molecule has 1 fully saturated rings. The van der Waals surface area contributed by atoms with Crippen LogP contribution in [0.15, 0.2) is 30.3 Å². The van der Waals surface area contributed by atoms with Crippen molar-refractivity contribution in [3.8, 4) is 0 Å². The van der Waals surface area contributed by atoms with E-state index in [9.17, 15) is 8.42 Å². The molecule has 0 radical (unpaired) electrons. The van der Waals surface area contributed by atoms with E-state index in [-0.39, 0.29) is 11.5 Å². The molecule has 0 spiro atoms. The van der Waals surface area contributed by atoms with Crippen molar-refractivity contribution in [3.63, 3.8) is 0 Å². The van der Waals surface area contributed by atoms with E-state index in [1.807, 2.05) is 31.3 Å². The van der Waals surface area contributed by atoms with Gasteiger partial charge in [0.25, 0.3) is 0 Å². The van der Waals surface area contributed by atoms with Crippen LogP contribution in [0.1, 0.15) is 5.69 Å². The fourth-order valence-electron chi connectivity index (χ4n) is 2.70. The Hall–Kier alpha value is -1.66. The van der Waals surface area contributed by atoms with Crippen LogP contribution in [0.5, 0.6) is 0 Å². The Balaban J connectivity index is 2.04. The summed E-state index contributed by atoms with van der Waals surface area (Å²) in [5.74, 6) is 0.454. The Kier molecular flexibility index (Phi) is 3.82. The molecule has 0 atom stereocenters. The Labute approximate surface area is 124 Å². The standard InChI is InChI=1S/C15H19N3O2S/c1-16-11-12-10-15(13-4-2-3-5-14(13)17-12)18-6-8-21(19,20)9-7-18/h2-5,10,16H,6-9,11H2,1H3. The number of fused-ring (bicyclic) bond motifs is 1. The van der Waals surface area contributed by atoms with E-state index in [2.05, 4.69) is 21.3 Å². The van der Waals surface area contributed by atoms with Crippen molar-refractivity contribution in [2.24, 2.45) is 0 Å². The third-order valence-electron chi connectivity index (χ3n) is 3.79. The van der Waals surface area contributed by atoms with Crippen LogP contribution >= 0.6 is 0 Å². The molecule has 112 valence electrons. The van der Waals surface area contributed by atoms with Crippen molar-refractivity contribution < 1.29 is 8.42 Å². The number of para-hydroxylation sites is 1. The van der Waals surface area contributed by atoms with Gasteiger partial charge in [-0.25, -0.2) is 8.42 Å². The average Bonchev–Trinajstić information content (AvgIpc) is 2.47. The summed E-state index contributed by atoms with van der Waals surface area (Å²) in [6, 6.07) is 10.1. The second-order valence-corrected chi connectivity index (χ2v) is 7.62. The quantitative estimate of drug-likeness (QED) is 0.923. The highest BCUT2D eigenvalue weighted by Crippen LogP contribution is 2.28. The summed E-state index contributed by atoms with van der Waals surface area (Å²) in [6.45, 7) is 1.80. The highest BCUT2D eigenvalue weighted by Gasteiger charge is 2.23. The maximum absolute atomic E-state index is 11.6. The molecular weight excluding hydrogens is 286 g/mol. The van der Waals surface area contributed by atoms with Gasteiger partial charge < -0.3 is 10.2 Å². The van der Waals surface area contributed by atoms with E-state index in [0.717, 1.165) is 22.3 Å². The molecule has 0 aliphatic carbocycles. The lowest BCUT2D eigenvalue weighted by Crippen LogP contribution is -2.40. The molecule has 21 heavy (non-hydrogen) atoms. The Morgan fingerprint density at radius 1 is 1.24 bits per heavy atom. The number of pyridine rings is 1. The molecule has 1 aromatic carbocycles. The molecule has 2 heterocycles. The summed E-state index contributed by atoms with van der Waals surface area (Å²) in [6.07, 6.45) is 0. The topological polar surface area (TPSA) is 62.3 Å². The minimum atomic E-state index is -2.87. The Bertz CT molecular complexity index is 745. The maximum Gasteiger partial charge on any atom is 0.153 e. The molecule has 0 unspecified atom stereocenters. The van der Waals surface area contributed by atoms with Gasteiger partial charge in [0.15, 0.2) is 9.84 Å². The second kappa shape index (κ2) is 5.61. The van der Waals surface area contributed by atoms with Gasteiger partial charge in [0.05, 0.1) is 22.7 Å². The third-order valence-corrected chi connectivity index (χ3v) is 5.40. The van der Waals surface area contributed by atoms with Crippen LogP contribution in [-0.2, 0) is 16.4 Å². The maximum atomic E-state index is 11.6. The highest BCUT2D eigenvalue weighted by atomic mass is 32.2. The van der Waals surface area contributed by atoms with Crippen molar-refractivity contribution in [2.75, 3.05) is 36.5 Å². The molecule has 1 N–H and O–H groups in total. The van der Waals surface area contributed by atoms with E-state index in [4.69, 9.17) is 0 Å². The number of nitrogens with zero attached hydrogens (tertiary/aromatic N) is 2. The van der Waals surface area contributed by atoms with Gasteiger partial charge in [-0.15, -0.1) is 0 Å². The Morgan fingerprint density at radius 3 is 2.67 bits per heavy atom. The predicted molar refractivity (Wildman–Crippen MR) is 85.4 cm³/mol. The van der Waals surface area contributed by atoms with Crippen LogP contribution in [0.25, 0.3) is 10.9 Å². The van der Waals surface area contributed by atoms with E-state index < -0.39 is 9.84 Å². The molecule has 1 aliphatic rings. The molecule has 1 aliphatic heterocycles. The summed E-state index contributed by atoms with van der Waals surface area (Å²) >= 11 is 0. The number of rotatable bonds is 3. The van der Waals surface area contributed by atoms with Gasteiger partial charge in [-0.05, 0) is 19.2 Å². The monoisotopic (exact) mass is 305 g/mol. The number of benzene rings is 1. The largest absolute Gasteiger partial charge is 0.369 e. The van der Waals surface area contributed by atoms with E-state index in [1.165, 1.54) is 0 Å². The van der Waals surface area contributed by atoms with Gasteiger partial charge in [0, 0.05) is 30.7 Å². The van der Waals surface area contributed by atoms with Crippen molar-refractivity contribution >= 4 is 26.4 Å². The van der Waals surface area contributed by atoms with Crippen molar-refractivity contribution in [1.82, 2.24) is 10.3 Å². The molecule has 0 bridgehead atoms. The lowest BCUT2D eigenvalue weighted by molar-refractivity contribution is 0.587. The number of aromatic nitrogens is 1. The summed E-state index contributed by atoms with van der Waals surface area (Å²) in [5, 5.41) is 4.20. The highest BCUT2D eigenvalue weighted by molar-refractivity contribution is 7.91. The number of hydrogen-bond acceptors (Lipinski definition) is 5. The average molecular weight is 305 g/mol. The van der Waals surface area contributed by atoms with Crippen LogP contribution in [0, 0.1) is 0 Å². The number of hydrogen-bond donors (Lipinski definition) is 1. The van der Waals surface area contributed by atoms with Crippen LogP contribution in [0.2, 0.25) is 0 Å². The third kappa shape index (κ3) is 3.01. The lowest BCUT2D eigenvalue weighted by Gasteiger charge is -2.30. The zero-order valence-corrected chi connectivity index (χ0v) is 12.9. The minimum Gasteiger partial charge on any atom is -0.369 e. The smallest absolute Gasteiger partial charge is 0.153 e. The fourth-order valence-corrected chi connectivity index (χ4v) is 3.90. The van der Waals surface area contributed by atoms with Crippen LogP contribution in [0.4, 0.5) is 5.69 Å². The van der Waals surface area contributed by atoms with Gasteiger partial charge >= 0.3 is 0 Å². The zero-order valence-electron chi connectivity index (χ0n) is 12.0. The van der Waals surface area contributed by atoms with Gasteiger partial charge in [-0.1, -0.05) is 18.2 Å².